The van der Waals surface area contributed by atoms with Crippen LogP contribution in [0.1, 0.15) is 24.5 Å². The zero-order chi connectivity index (χ0) is 10.6. The second kappa shape index (κ2) is 5.27. The molecule has 0 saturated heterocycles. The number of thiazole rings is 1. The van der Waals surface area contributed by atoms with E-state index in [1.54, 1.807) is 11.3 Å². The molecule has 78 valence electrons. The fourth-order valence-electron chi connectivity index (χ4n) is 1.34. The van der Waals surface area contributed by atoms with E-state index in [4.69, 9.17) is 0 Å². The minimum absolute atomic E-state index is 0.366. The van der Waals surface area contributed by atoms with Crippen molar-refractivity contribution >= 4 is 11.3 Å². The lowest BCUT2D eigenvalue weighted by Gasteiger charge is -2.16. The van der Waals surface area contributed by atoms with Gasteiger partial charge in [-0.2, -0.15) is 0 Å². The Balaban J connectivity index is 2.59. The highest BCUT2D eigenvalue weighted by Gasteiger charge is 2.10. The Morgan fingerprint density at radius 3 is 2.86 bits per heavy atom. The zero-order valence-electron chi connectivity index (χ0n) is 9.13. The maximum Gasteiger partial charge on any atom is 0.0946 e. The molecule has 0 aliphatic carbocycles. The van der Waals surface area contributed by atoms with Crippen molar-refractivity contribution in [3.05, 3.63) is 28.2 Å². The second-order valence-corrected chi connectivity index (χ2v) is 4.49. The third kappa shape index (κ3) is 3.24. The van der Waals surface area contributed by atoms with Gasteiger partial charge in [-0.1, -0.05) is 19.1 Å². The number of hydrogen-bond donors (Lipinski definition) is 1. The van der Waals surface area contributed by atoms with Crippen molar-refractivity contribution in [1.29, 1.82) is 0 Å². The van der Waals surface area contributed by atoms with Crippen LogP contribution >= 0.6 is 11.3 Å². The zero-order valence-corrected chi connectivity index (χ0v) is 9.95. The molecule has 1 rings (SSSR count). The van der Waals surface area contributed by atoms with Crippen molar-refractivity contribution in [3.8, 4) is 0 Å². The van der Waals surface area contributed by atoms with E-state index < -0.39 is 0 Å². The monoisotopic (exact) mass is 210 g/mol. The highest BCUT2D eigenvalue weighted by Crippen LogP contribution is 2.13. The second-order valence-electron chi connectivity index (χ2n) is 3.54. The van der Waals surface area contributed by atoms with Crippen LogP contribution in [0, 0.1) is 6.92 Å². The minimum Gasteiger partial charge on any atom is -0.310 e. The quantitative estimate of drug-likeness (QED) is 0.755. The molecule has 1 unspecified atom stereocenters. The molecule has 3 heteroatoms. The molecule has 1 heterocycles. The molecule has 14 heavy (non-hydrogen) atoms. The van der Waals surface area contributed by atoms with Gasteiger partial charge >= 0.3 is 0 Å². The van der Waals surface area contributed by atoms with Crippen LogP contribution in [0.2, 0.25) is 0 Å². The largest absolute Gasteiger partial charge is 0.310 e. The van der Waals surface area contributed by atoms with Gasteiger partial charge in [0, 0.05) is 23.5 Å². The number of rotatable bonds is 5. The summed E-state index contributed by atoms with van der Waals surface area (Å²) in [5, 5.41) is 6.69. The summed E-state index contributed by atoms with van der Waals surface area (Å²) in [7, 11) is 0. The number of nitrogens with zero attached hydrogens (tertiary/aromatic N) is 1. The fourth-order valence-corrected chi connectivity index (χ4v) is 2.16. The van der Waals surface area contributed by atoms with Gasteiger partial charge in [0.25, 0.3) is 0 Å². The topological polar surface area (TPSA) is 24.9 Å². The molecule has 1 aromatic rings. The van der Waals surface area contributed by atoms with Gasteiger partial charge in [0.1, 0.15) is 0 Å². The van der Waals surface area contributed by atoms with E-state index in [9.17, 15) is 0 Å². The van der Waals surface area contributed by atoms with Gasteiger partial charge in [-0.15, -0.1) is 11.3 Å². The molecule has 1 atom stereocenters. The van der Waals surface area contributed by atoms with Crippen LogP contribution in [0.15, 0.2) is 17.5 Å². The number of hydrogen-bond acceptors (Lipinski definition) is 3. The first kappa shape index (κ1) is 11.4. The van der Waals surface area contributed by atoms with E-state index in [1.807, 2.05) is 6.92 Å². The fraction of sp³-hybridized carbons (Fsp3) is 0.545. The van der Waals surface area contributed by atoms with E-state index in [0.29, 0.717) is 6.04 Å². The van der Waals surface area contributed by atoms with Gasteiger partial charge in [-0.25, -0.2) is 4.98 Å². The average molecular weight is 210 g/mol. The molecule has 0 amide bonds. The van der Waals surface area contributed by atoms with Gasteiger partial charge in [0.15, 0.2) is 0 Å². The summed E-state index contributed by atoms with van der Waals surface area (Å²) in [4.78, 5) is 4.45. The van der Waals surface area contributed by atoms with Gasteiger partial charge in [-0.05, 0) is 20.4 Å². The Morgan fingerprint density at radius 2 is 2.43 bits per heavy atom. The molecule has 0 spiro atoms. The van der Waals surface area contributed by atoms with E-state index in [0.717, 1.165) is 18.7 Å². The van der Waals surface area contributed by atoms with Crippen LogP contribution in [0.25, 0.3) is 0 Å². The molecule has 1 aromatic heterocycles. The lowest BCUT2D eigenvalue weighted by molar-refractivity contribution is 0.586. The molecular weight excluding hydrogens is 192 g/mol. The van der Waals surface area contributed by atoms with Gasteiger partial charge in [0.2, 0.25) is 0 Å². The number of aryl methyl sites for hydroxylation is 1. The molecule has 0 aliphatic rings. The first-order chi connectivity index (χ1) is 6.63. The number of aromatic nitrogens is 1. The summed E-state index contributed by atoms with van der Waals surface area (Å²) in [6, 6.07) is 0.366. The SMILES string of the molecule is C=C(C)C(Cc1nc(C)cs1)NCC. The van der Waals surface area contributed by atoms with Crippen LogP contribution in [-0.4, -0.2) is 17.6 Å². The van der Waals surface area contributed by atoms with Crippen LogP contribution in [0.3, 0.4) is 0 Å². The predicted octanol–water partition coefficient (Wildman–Crippen LogP) is 2.55. The van der Waals surface area contributed by atoms with Crippen molar-refractivity contribution < 1.29 is 0 Å². The van der Waals surface area contributed by atoms with Crippen molar-refractivity contribution in [2.24, 2.45) is 0 Å². The molecule has 0 bridgehead atoms. The van der Waals surface area contributed by atoms with Crippen molar-refractivity contribution in [3.63, 3.8) is 0 Å². The van der Waals surface area contributed by atoms with Crippen LogP contribution in [0.4, 0.5) is 0 Å². The van der Waals surface area contributed by atoms with Crippen LogP contribution < -0.4 is 5.32 Å². The molecule has 0 fully saturated rings. The van der Waals surface area contributed by atoms with Gasteiger partial charge in [-0.3, -0.25) is 0 Å². The summed E-state index contributed by atoms with van der Waals surface area (Å²) in [5.41, 5.74) is 2.29. The Kier molecular flexibility index (Phi) is 4.29. The van der Waals surface area contributed by atoms with Crippen LogP contribution in [0.5, 0.6) is 0 Å². The Hall–Kier alpha value is -0.670. The number of likely N-dealkylation sites (N-methyl/N-ethyl adjacent to an activating group) is 1. The van der Waals surface area contributed by atoms with E-state index in [1.165, 1.54) is 10.6 Å². The lowest BCUT2D eigenvalue weighted by atomic mass is 10.1. The maximum absolute atomic E-state index is 4.45. The first-order valence-corrected chi connectivity index (χ1v) is 5.81. The molecule has 0 radical (unpaired) electrons. The Bertz CT molecular complexity index is 304. The van der Waals surface area contributed by atoms with E-state index in [-0.39, 0.29) is 0 Å². The molecular formula is C11H18N2S. The maximum atomic E-state index is 4.45. The standard InChI is InChI=1S/C11H18N2S/c1-5-12-10(8(2)3)6-11-13-9(4)7-14-11/h7,10,12H,2,5-6H2,1,3-4H3. The highest BCUT2D eigenvalue weighted by atomic mass is 32.1. The summed E-state index contributed by atoms with van der Waals surface area (Å²) in [6.07, 6.45) is 0.960. The molecule has 0 aromatic carbocycles. The normalized spacial score (nSPS) is 12.8. The number of nitrogens with one attached hydrogen (secondary N) is 1. The van der Waals surface area contributed by atoms with Gasteiger partial charge < -0.3 is 5.32 Å². The van der Waals surface area contributed by atoms with Crippen molar-refractivity contribution in [2.75, 3.05) is 6.54 Å². The minimum atomic E-state index is 0.366. The third-order valence-corrected chi connectivity index (χ3v) is 3.08. The lowest BCUT2D eigenvalue weighted by Crippen LogP contribution is -2.31. The summed E-state index contributed by atoms with van der Waals surface area (Å²) < 4.78 is 0. The Labute approximate surface area is 90.1 Å². The van der Waals surface area contributed by atoms with Gasteiger partial charge in [0.05, 0.1) is 5.01 Å². The van der Waals surface area contributed by atoms with Crippen molar-refractivity contribution in [2.45, 2.75) is 33.2 Å². The van der Waals surface area contributed by atoms with Crippen LogP contribution in [-0.2, 0) is 6.42 Å². The average Bonchev–Trinajstić information content (AvgIpc) is 2.50. The Morgan fingerprint density at radius 1 is 1.71 bits per heavy atom. The summed E-state index contributed by atoms with van der Waals surface area (Å²) in [6.45, 7) is 11.2. The molecule has 0 saturated carbocycles. The smallest absolute Gasteiger partial charge is 0.0946 e. The highest BCUT2D eigenvalue weighted by molar-refractivity contribution is 7.09. The van der Waals surface area contributed by atoms with Crippen molar-refractivity contribution in [1.82, 2.24) is 10.3 Å². The van der Waals surface area contributed by atoms with E-state index >= 15 is 0 Å². The van der Waals surface area contributed by atoms with E-state index in [2.05, 4.69) is 36.1 Å². The molecule has 2 nitrogen and oxygen atoms in total. The first-order valence-electron chi connectivity index (χ1n) is 4.93. The molecule has 1 N–H and O–H groups in total. The molecule has 0 aliphatic heterocycles. The third-order valence-electron chi connectivity index (χ3n) is 2.09. The summed E-state index contributed by atoms with van der Waals surface area (Å²) >= 11 is 1.73. The summed E-state index contributed by atoms with van der Waals surface area (Å²) in [5.74, 6) is 0. The predicted molar refractivity (Wildman–Crippen MR) is 62.8 cm³/mol.